The number of benzene rings is 2. The molecule has 0 saturated heterocycles. The Kier molecular flexibility index (Phi) is 6.93. The first-order valence-electron chi connectivity index (χ1n) is 11.1. The van der Waals surface area contributed by atoms with Crippen molar-refractivity contribution in [2.45, 2.75) is 37.6 Å². The molecule has 1 N–H and O–H groups in total. The normalized spacial score (nSPS) is 16.8. The maximum absolute atomic E-state index is 13.6. The second-order valence-corrected chi connectivity index (χ2v) is 9.78. The molecule has 36 heavy (non-hydrogen) atoms. The van der Waals surface area contributed by atoms with E-state index >= 15 is 0 Å². The number of halogens is 1. The van der Waals surface area contributed by atoms with Crippen LogP contribution in [0.3, 0.4) is 0 Å². The van der Waals surface area contributed by atoms with E-state index in [0.717, 1.165) is 28.7 Å². The zero-order chi connectivity index (χ0) is 25.9. The third kappa shape index (κ3) is 4.74. The van der Waals surface area contributed by atoms with Gasteiger partial charge in [-0.3, -0.25) is 9.69 Å². The van der Waals surface area contributed by atoms with E-state index in [4.69, 9.17) is 9.47 Å². The fourth-order valence-electron chi connectivity index (χ4n) is 4.04. The van der Waals surface area contributed by atoms with E-state index in [1.165, 1.54) is 6.92 Å². The number of hydrogen-bond donors (Lipinski definition) is 1. The van der Waals surface area contributed by atoms with Gasteiger partial charge in [-0.25, -0.2) is 14.5 Å². The number of aromatic nitrogens is 1. The number of ether oxygens (including phenoxy) is 2. The zero-order valence-corrected chi connectivity index (χ0v) is 20.4. The standard InChI is InChI=1S/C25H24FN3O6S/c1-3-34-20-12-7-11-19-18(20)15-29(24(31)35-16-17-9-5-4-6-10-17)25(19,2)23(30)28-36(32,33)22-14-8-13-21(26)27-22/h4-14H,3,15-16H2,1-2H3,(H,28,30). The van der Waals surface area contributed by atoms with Crippen LogP contribution < -0.4 is 9.46 Å². The summed E-state index contributed by atoms with van der Waals surface area (Å²) < 4.78 is 52.3. The lowest BCUT2D eigenvalue weighted by molar-refractivity contribution is -0.130. The van der Waals surface area contributed by atoms with Crippen molar-refractivity contribution in [1.29, 1.82) is 0 Å². The SMILES string of the molecule is CCOc1cccc2c1CN(C(=O)OCc1ccccc1)C2(C)C(=O)NS(=O)(=O)c1cccc(F)n1. The number of rotatable bonds is 7. The highest BCUT2D eigenvalue weighted by Gasteiger charge is 2.52. The monoisotopic (exact) mass is 513 g/mol. The molecule has 1 unspecified atom stereocenters. The second-order valence-electron chi connectivity index (χ2n) is 8.15. The Labute approximate surface area is 207 Å². The van der Waals surface area contributed by atoms with Crippen molar-refractivity contribution in [2.75, 3.05) is 6.61 Å². The van der Waals surface area contributed by atoms with Crippen molar-refractivity contribution in [3.63, 3.8) is 0 Å². The molecule has 4 rings (SSSR count). The fraction of sp³-hybridized carbons (Fsp3) is 0.240. The number of fused-ring (bicyclic) bond motifs is 1. The fourth-order valence-corrected chi connectivity index (χ4v) is 5.05. The van der Waals surface area contributed by atoms with E-state index in [9.17, 15) is 22.4 Å². The van der Waals surface area contributed by atoms with Gasteiger partial charge >= 0.3 is 6.09 Å². The van der Waals surface area contributed by atoms with Crippen molar-refractivity contribution in [3.05, 3.63) is 89.4 Å². The summed E-state index contributed by atoms with van der Waals surface area (Å²) in [5.41, 5.74) is -0.111. The second kappa shape index (κ2) is 9.94. The molecule has 0 aliphatic carbocycles. The third-order valence-electron chi connectivity index (χ3n) is 5.87. The van der Waals surface area contributed by atoms with E-state index < -0.39 is 38.5 Å². The van der Waals surface area contributed by atoms with Gasteiger partial charge in [0, 0.05) is 5.56 Å². The maximum Gasteiger partial charge on any atom is 0.411 e. The van der Waals surface area contributed by atoms with Crippen molar-refractivity contribution >= 4 is 22.0 Å². The average molecular weight is 514 g/mol. The van der Waals surface area contributed by atoms with Crippen LogP contribution in [0.2, 0.25) is 0 Å². The first kappa shape index (κ1) is 25.1. The topological polar surface area (TPSA) is 115 Å². The Morgan fingerprint density at radius 2 is 1.81 bits per heavy atom. The highest BCUT2D eigenvalue weighted by molar-refractivity contribution is 7.90. The minimum Gasteiger partial charge on any atom is -0.494 e. The molecule has 1 atom stereocenters. The Morgan fingerprint density at radius 3 is 2.50 bits per heavy atom. The largest absolute Gasteiger partial charge is 0.494 e. The number of amides is 2. The molecular formula is C25H24FN3O6S. The number of carbonyl (C=O) groups excluding carboxylic acids is 2. The van der Waals surface area contributed by atoms with Crippen molar-refractivity contribution in [2.24, 2.45) is 0 Å². The van der Waals surface area contributed by atoms with E-state index in [1.807, 2.05) is 10.8 Å². The molecule has 1 aliphatic heterocycles. The number of nitrogens with zero attached hydrogens (tertiary/aromatic N) is 2. The molecule has 0 spiro atoms. The minimum atomic E-state index is -4.55. The van der Waals surface area contributed by atoms with Crippen molar-refractivity contribution in [3.8, 4) is 5.75 Å². The smallest absolute Gasteiger partial charge is 0.411 e. The van der Waals surface area contributed by atoms with Crippen LogP contribution in [0.5, 0.6) is 5.75 Å². The average Bonchev–Trinajstić information content (AvgIpc) is 3.18. The van der Waals surface area contributed by atoms with E-state index in [0.29, 0.717) is 23.5 Å². The van der Waals surface area contributed by atoms with Gasteiger partial charge in [0.25, 0.3) is 15.9 Å². The molecule has 2 aromatic carbocycles. The summed E-state index contributed by atoms with van der Waals surface area (Å²) in [6.45, 7) is 3.46. The van der Waals surface area contributed by atoms with Crippen LogP contribution in [-0.2, 0) is 38.2 Å². The predicted molar refractivity (Wildman–Crippen MR) is 127 cm³/mol. The van der Waals surface area contributed by atoms with Gasteiger partial charge in [-0.2, -0.15) is 12.8 Å². The summed E-state index contributed by atoms with van der Waals surface area (Å²) in [6, 6.07) is 17.2. The van der Waals surface area contributed by atoms with Gasteiger partial charge in [0.05, 0.1) is 13.2 Å². The molecule has 3 aromatic rings. The van der Waals surface area contributed by atoms with E-state index in [2.05, 4.69) is 4.98 Å². The lowest BCUT2D eigenvalue weighted by Gasteiger charge is -2.33. The molecule has 188 valence electrons. The molecule has 0 fully saturated rings. The zero-order valence-electron chi connectivity index (χ0n) is 19.6. The number of carbonyl (C=O) groups is 2. The minimum absolute atomic E-state index is 0.0476. The molecule has 0 saturated carbocycles. The van der Waals surface area contributed by atoms with Gasteiger partial charge in [0.2, 0.25) is 5.95 Å². The van der Waals surface area contributed by atoms with Crippen molar-refractivity contribution in [1.82, 2.24) is 14.6 Å². The molecule has 1 aromatic heterocycles. The first-order valence-corrected chi connectivity index (χ1v) is 12.6. The van der Waals surface area contributed by atoms with Crippen LogP contribution >= 0.6 is 0 Å². The van der Waals surface area contributed by atoms with Crippen LogP contribution in [0.4, 0.5) is 9.18 Å². The quantitative estimate of drug-likeness (QED) is 0.481. The van der Waals surface area contributed by atoms with Gasteiger partial charge < -0.3 is 9.47 Å². The van der Waals surface area contributed by atoms with Crippen LogP contribution in [0.1, 0.15) is 30.5 Å². The number of sulfonamides is 1. The molecule has 1 aliphatic rings. The van der Waals surface area contributed by atoms with Gasteiger partial charge in [0.15, 0.2) is 5.03 Å². The predicted octanol–water partition coefficient (Wildman–Crippen LogP) is 3.49. The summed E-state index contributed by atoms with van der Waals surface area (Å²) in [7, 11) is -4.55. The highest BCUT2D eigenvalue weighted by Crippen LogP contribution is 2.44. The summed E-state index contributed by atoms with van der Waals surface area (Å²) in [5.74, 6) is -1.59. The lowest BCUT2D eigenvalue weighted by Crippen LogP contribution is -2.54. The van der Waals surface area contributed by atoms with Gasteiger partial charge in [-0.05, 0) is 43.2 Å². The third-order valence-corrected chi connectivity index (χ3v) is 7.11. The van der Waals surface area contributed by atoms with Gasteiger partial charge in [-0.15, -0.1) is 0 Å². The van der Waals surface area contributed by atoms with Crippen LogP contribution in [-0.4, -0.2) is 36.9 Å². The summed E-state index contributed by atoms with van der Waals surface area (Å²) in [6.07, 6.45) is -0.823. The number of pyridine rings is 1. The van der Waals surface area contributed by atoms with E-state index in [-0.39, 0.29) is 13.2 Å². The molecule has 0 bridgehead atoms. The summed E-state index contributed by atoms with van der Waals surface area (Å²) >= 11 is 0. The Bertz CT molecular complexity index is 1400. The number of nitrogens with one attached hydrogen (secondary N) is 1. The molecular weight excluding hydrogens is 489 g/mol. The Balaban J connectivity index is 1.69. The Morgan fingerprint density at radius 1 is 1.08 bits per heavy atom. The van der Waals surface area contributed by atoms with Crippen LogP contribution in [0.15, 0.2) is 71.8 Å². The van der Waals surface area contributed by atoms with Gasteiger partial charge in [-0.1, -0.05) is 48.5 Å². The van der Waals surface area contributed by atoms with Gasteiger partial charge in [0.1, 0.15) is 17.9 Å². The molecule has 0 radical (unpaired) electrons. The molecule has 9 nitrogen and oxygen atoms in total. The number of hydrogen-bond acceptors (Lipinski definition) is 7. The molecule has 2 heterocycles. The van der Waals surface area contributed by atoms with Crippen LogP contribution in [0.25, 0.3) is 0 Å². The lowest BCUT2D eigenvalue weighted by atomic mass is 9.90. The first-order chi connectivity index (χ1) is 17.2. The highest BCUT2D eigenvalue weighted by atomic mass is 32.2. The van der Waals surface area contributed by atoms with E-state index in [1.54, 1.807) is 49.4 Å². The summed E-state index contributed by atoms with van der Waals surface area (Å²) in [4.78, 5) is 31.3. The van der Waals surface area contributed by atoms with Crippen LogP contribution in [0, 0.1) is 5.95 Å². The maximum atomic E-state index is 13.6. The summed E-state index contributed by atoms with van der Waals surface area (Å²) in [5, 5.41) is -0.668. The Hall–Kier alpha value is -3.99. The molecule has 2 amide bonds. The molecule has 11 heteroatoms. The van der Waals surface area contributed by atoms with Crippen molar-refractivity contribution < 1.29 is 31.9 Å².